The number of alkyl carbamates (subject to hydrolysis) is 1. The van der Waals surface area contributed by atoms with Gasteiger partial charge in [0.15, 0.2) is 0 Å². The van der Waals surface area contributed by atoms with Crippen LogP contribution in [0.1, 0.15) is 12.5 Å². The highest BCUT2D eigenvalue weighted by molar-refractivity contribution is 6.03. The molecule has 0 fully saturated rings. The van der Waals surface area contributed by atoms with Crippen LogP contribution in [0, 0.1) is 0 Å². The Labute approximate surface area is 168 Å². The van der Waals surface area contributed by atoms with Gasteiger partial charge in [-0.25, -0.2) is 4.79 Å². The molecule has 2 amide bonds. The minimum atomic E-state index is -1.01. The highest BCUT2D eigenvalue weighted by Gasteiger charge is 2.34. The van der Waals surface area contributed by atoms with E-state index in [9.17, 15) is 14.4 Å². The molecular weight excluding hydrogens is 376 g/mol. The smallest absolute Gasteiger partial charge is 0.408 e. The summed E-state index contributed by atoms with van der Waals surface area (Å²) in [5, 5.41) is 2.52. The number of hydrogen-bond acceptors (Lipinski definition) is 6. The van der Waals surface area contributed by atoms with Gasteiger partial charge in [0.2, 0.25) is 0 Å². The van der Waals surface area contributed by atoms with E-state index in [2.05, 4.69) is 5.32 Å². The average molecular weight is 398 g/mol. The van der Waals surface area contributed by atoms with Crippen LogP contribution in [0.5, 0.6) is 5.75 Å². The number of esters is 1. The number of benzene rings is 2. The second-order valence-corrected chi connectivity index (χ2v) is 6.27. The van der Waals surface area contributed by atoms with Crippen LogP contribution >= 0.6 is 0 Å². The van der Waals surface area contributed by atoms with Gasteiger partial charge in [-0.05, 0) is 24.6 Å². The van der Waals surface area contributed by atoms with E-state index >= 15 is 0 Å². The number of hydrogen-bond donors (Lipinski definition) is 1. The van der Waals surface area contributed by atoms with E-state index in [0.29, 0.717) is 11.4 Å². The van der Waals surface area contributed by atoms with Crippen molar-refractivity contribution in [3.05, 3.63) is 60.2 Å². The Kier molecular flexibility index (Phi) is 6.67. The Bertz CT molecular complexity index is 870. The molecule has 1 N–H and O–H groups in total. The van der Waals surface area contributed by atoms with Gasteiger partial charge in [0, 0.05) is 0 Å². The summed E-state index contributed by atoms with van der Waals surface area (Å²) in [4.78, 5) is 38.5. The van der Waals surface area contributed by atoms with E-state index < -0.39 is 24.0 Å². The molecule has 1 aliphatic rings. The van der Waals surface area contributed by atoms with E-state index in [4.69, 9.17) is 14.2 Å². The van der Waals surface area contributed by atoms with Crippen LogP contribution in [0.4, 0.5) is 10.5 Å². The van der Waals surface area contributed by atoms with Crippen molar-refractivity contribution in [2.75, 3.05) is 24.7 Å². The maximum Gasteiger partial charge on any atom is 0.408 e. The van der Waals surface area contributed by atoms with Crippen molar-refractivity contribution in [2.24, 2.45) is 0 Å². The molecule has 1 atom stereocenters. The van der Waals surface area contributed by atoms with Gasteiger partial charge in [-0.2, -0.15) is 0 Å². The van der Waals surface area contributed by atoms with Gasteiger partial charge in [0.25, 0.3) is 5.91 Å². The van der Waals surface area contributed by atoms with Gasteiger partial charge < -0.3 is 19.5 Å². The summed E-state index contributed by atoms with van der Waals surface area (Å²) in [6.45, 7) is 1.58. The molecule has 29 heavy (non-hydrogen) atoms. The molecule has 8 heteroatoms. The van der Waals surface area contributed by atoms with E-state index in [1.807, 2.05) is 30.3 Å². The van der Waals surface area contributed by atoms with Gasteiger partial charge >= 0.3 is 12.1 Å². The van der Waals surface area contributed by atoms with Gasteiger partial charge in [-0.1, -0.05) is 42.5 Å². The van der Waals surface area contributed by atoms with Crippen molar-refractivity contribution in [3.8, 4) is 5.75 Å². The van der Waals surface area contributed by atoms with E-state index in [1.165, 1.54) is 4.90 Å². The van der Waals surface area contributed by atoms with Crippen molar-refractivity contribution < 1.29 is 28.6 Å². The number of ether oxygens (including phenoxy) is 3. The number of carbonyl (C=O) groups excluding carboxylic acids is 3. The Morgan fingerprint density at radius 1 is 1.10 bits per heavy atom. The van der Waals surface area contributed by atoms with Crippen LogP contribution in [0.25, 0.3) is 0 Å². The second kappa shape index (κ2) is 9.59. The average Bonchev–Trinajstić information content (AvgIpc) is 2.86. The molecule has 0 aromatic heterocycles. The number of nitrogens with one attached hydrogen (secondary N) is 1. The number of nitrogens with zero attached hydrogens (tertiary/aromatic N) is 1. The fourth-order valence-electron chi connectivity index (χ4n) is 2.86. The number of para-hydroxylation sites is 2. The maximum absolute atomic E-state index is 13.0. The minimum Gasteiger partial charge on any atom is -0.489 e. The van der Waals surface area contributed by atoms with Crippen molar-refractivity contribution in [2.45, 2.75) is 19.6 Å². The summed E-state index contributed by atoms with van der Waals surface area (Å²) in [5.41, 5.74) is 1.26. The third-order valence-corrected chi connectivity index (χ3v) is 4.22. The normalized spacial score (nSPS) is 15.6. The third-order valence-electron chi connectivity index (χ3n) is 4.22. The molecule has 3 rings (SSSR count). The highest BCUT2D eigenvalue weighted by atomic mass is 16.6. The standard InChI is InChI=1S/C21H22N2O6/c1-2-27-19(24)12-23-17-10-6-7-11-18(17)28-14-16(20(23)25)22-21(26)29-13-15-8-4-3-5-9-15/h3-11,16H,2,12-14H2,1H3,(H,22,26)/t16-/m0/s1. The Morgan fingerprint density at radius 3 is 2.59 bits per heavy atom. The van der Waals surface area contributed by atoms with Crippen LogP contribution in [-0.4, -0.2) is 43.8 Å². The lowest BCUT2D eigenvalue weighted by atomic mass is 10.2. The monoisotopic (exact) mass is 398 g/mol. The van der Waals surface area contributed by atoms with Crippen LogP contribution in [0.3, 0.4) is 0 Å². The molecule has 0 saturated carbocycles. The summed E-state index contributed by atoms with van der Waals surface area (Å²) in [5.74, 6) is -0.602. The lowest BCUT2D eigenvalue weighted by Crippen LogP contribution is -2.51. The molecular formula is C21H22N2O6. The number of amides is 2. The largest absolute Gasteiger partial charge is 0.489 e. The van der Waals surface area contributed by atoms with E-state index in [0.717, 1.165) is 5.56 Å². The molecule has 152 valence electrons. The first kappa shape index (κ1) is 20.2. The number of fused-ring (bicyclic) bond motifs is 1. The molecule has 0 unspecified atom stereocenters. The van der Waals surface area contributed by atoms with Crippen molar-refractivity contribution in [3.63, 3.8) is 0 Å². The first-order chi connectivity index (χ1) is 14.1. The first-order valence-electron chi connectivity index (χ1n) is 9.24. The molecule has 0 spiro atoms. The zero-order valence-corrected chi connectivity index (χ0v) is 16.0. The summed E-state index contributed by atoms with van der Waals surface area (Å²) in [6.07, 6.45) is -0.752. The van der Waals surface area contributed by atoms with Crippen LogP contribution < -0.4 is 15.0 Å². The quantitative estimate of drug-likeness (QED) is 0.751. The lowest BCUT2D eigenvalue weighted by Gasteiger charge is -2.23. The first-order valence-corrected chi connectivity index (χ1v) is 9.24. The molecule has 0 saturated heterocycles. The van der Waals surface area contributed by atoms with Gasteiger partial charge in [0.1, 0.15) is 31.5 Å². The summed E-state index contributed by atoms with van der Waals surface area (Å²) in [6, 6.07) is 15.0. The fourth-order valence-corrected chi connectivity index (χ4v) is 2.86. The Hall–Kier alpha value is -3.55. The summed E-state index contributed by atoms with van der Waals surface area (Å²) >= 11 is 0. The van der Waals surface area contributed by atoms with Crippen molar-refractivity contribution in [1.29, 1.82) is 0 Å². The molecule has 2 aromatic carbocycles. The van der Waals surface area contributed by atoms with E-state index in [1.54, 1.807) is 31.2 Å². The minimum absolute atomic E-state index is 0.0706. The number of carbonyl (C=O) groups is 3. The molecule has 1 heterocycles. The SMILES string of the molecule is CCOC(=O)CN1C(=O)[C@@H](NC(=O)OCc2ccccc2)COc2ccccc21. The maximum atomic E-state index is 13.0. The van der Waals surface area contributed by atoms with E-state index in [-0.39, 0.29) is 26.4 Å². The zero-order valence-electron chi connectivity index (χ0n) is 16.0. The topological polar surface area (TPSA) is 94.2 Å². The van der Waals surface area contributed by atoms with Gasteiger partial charge in [-0.3, -0.25) is 14.5 Å². The molecule has 2 aromatic rings. The summed E-state index contributed by atoms with van der Waals surface area (Å²) in [7, 11) is 0. The fraction of sp³-hybridized carbons (Fsp3) is 0.286. The predicted molar refractivity (Wildman–Crippen MR) is 104 cm³/mol. The third kappa shape index (κ3) is 5.25. The highest BCUT2D eigenvalue weighted by Crippen LogP contribution is 2.31. The Balaban J connectivity index is 1.70. The number of rotatable bonds is 6. The molecule has 0 aliphatic carbocycles. The van der Waals surface area contributed by atoms with Gasteiger partial charge in [-0.15, -0.1) is 0 Å². The molecule has 8 nitrogen and oxygen atoms in total. The lowest BCUT2D eigenvalue weighted by molar-refractivity contribution is -0.142. The molecule has 0 radical (unpaired) electrons. The van der Waals surface area contributed by atoms with Gasteiger partial charge in [0.05, 0.1) is 12.3 Å². The van der Waals surface area contributed by atoms with Crippen LogP contribution in [0.2, 0.25) is 0 Å². The zero-order chi connectivity index (χ0) is 20.6. The molecule has 0 bridgehead atoms. The van der Waals surface area contributed by atoms with Crippen molar-refractivity contribution >= 4 is 23.7 Å². The molecule has 1 aliphatic heterocycles. The predicted octanol–water partition coefficient (Wildman–Crippen LogP) is 2.27. The van der Waals surface area contributed by atoms with Crippen molar-refractivity contribution in [1.82, 2.24) is 5.32 Å². The number of anilines is 1. The second-order valence-electron chi connectivity index (χ2n) is 6.27. The Morgan fingerprint density at radius 2 is 1.83 bits per heavy atom. The van der Waals surface area contributed by atoms with Crippen LogP contribution in [0.15, 0.2) is 54.6 Å². The summed E-state index contributed by atoms with van der Waals surface area (Å²) < 4.78 is 15.8. The van der Waals surface area contributed by atoms with Crippen LogP contribution in [-0.2, 0) is 25.7 Å².